The zero-order chi connectivity index (χ0) is 21.6. The fourth-order valence-corrected chi connectivity index (χ4v) is 7.23. The highest BCUT2D eigenvalue weighted by Gasteiger charge is 2.55. The van der Waals surface area contributed by atoms with Gasteiger partial charge in [0, 0.05) is 19.1 Å². The number of benzene rings is 1. The summed E-state index contributed by atoms with van der Waals surface area (Å²) in [5.74, 6) is 3.50. The van der Waals surface area contributed by atoms with Crippen LogP contribution in [-0.2, 0) is 9.59 Å². The molecule has 1 heterocycles. The number of hydrogen-bond acceptors (Lipinski definition) is 3. The van der Waals surface area contributed by atoms with Gasteiger partial charge in [0.2, 0.25) is 5.91 Å². The van der Waals surface area contributed by atoms with E-state index in [4.69, 9.17) is 4.74 Å². The molecule has 4 aliphatic carbocycles. The van der Waals surface area contributed by atoms with Crippen molar-refractivity contribution in [2.75, 3.05) is 19.7 Å². The van der Waals surface area contributed by atoms with Gasteiger partial charge >= 0.3 is 0 Å². The average molecular weight is 425 g/mol. The fraction of sp³-hybridized carbons (Fsp3) is 0.692. The number of hydrogen-bond donors (Lipinski definition) is 1. The second-order valence-corrected chi connectivity index (χ2v) is 10.8. The molecule has 0 unspecified atom stereocenters. The van der Waals surface area contributed by atoms with Crippen molar-refractivity contribution in [1.29, 1.82) is 0 Å². The minimum absolute atomic E-state index is 0.0384. The molecule has 168 valence electrons. The molecule has 1 aliphatic heterocycles. The Hall–Kier alpha value is -2.04. The lowest BCUT2D eigenvalue weighted by molar-refractivity contribution is -0.158. The summed E-state index contributed by atoms with van der Waals surface area (Å²) in [7, 11) is 0. The Morgan fingerprint density at radius 2 is 1.65 bits per heavy atom. The Kier molecular flexibility index (Phi) is 5.47. The van der Waals surface area contributed by atoms with Crippen molar-refractivity contribution >= 4 is 11.8 Å². The number of amides is 2. The summed E-state index contributed by atoms with van der Waals surface area (Å²) in [5.41, 5.74) is 2.19. The first-order chi connectivity index (χ1) is 14.9. The number of carbonyl (C=O) groups excluding carboxylic acids is 2. The Balaban J connectivity index is 1.10. The van der Waals surface area contributed by atoms with Crippen LogP contribution in [0.15, 0.2) is 18.2 Å². The van der Waals surface area contributed by atoms with E-state index in [1.54, 1.807) is 0 Å². The first-order valence-corrected chi connectivity index (χ1v) is 12.2. The Morgan fingerprint density at radius 3 is 2.26 bits per heavy atom. The van der Waals surface area contributed by atoms with Gasteiger partial charge in [-0.15, -0.1) is 0 Å². The van der Waals surface area contributed by atoms with Gasteiger partial charge in [0.15, 0.2) is 6.61 Å². The third-order valence-electron chi connectivity index (χ3n) is 8.55. The van der Waals surface area contributed by atoms with E-state index in [1.807, 2.05) is 32.0 Å². The van der Waals surface area contributed by atoms with Crippen molar-refractivity contribution in [2.45, 2.75) is 71.3 Å². The van der Waals surface area contributed by atoms with Crippen LogP contribution in [0.5, 0.6) is 5.75 Å². The number of nitrogens with one attached hydrogen (secondary N) is 1. The monoisotopic (exact) mass is 424 g/mol. The summed E-state index contributed by atoms with van der Waals surface area (Å²) in [6.07, 6.45) is 9.17. The van der Waals surface area contributed by atoms with E-state index in [0.717, 1.165) is 79.8 Å². The average Bonchev–Trinajstić information content (AvgIpc) is 2.74. The minimum Gasteiger partial charge on any atom is -0.483 e. The van der Waals surface area contributed by atoms with Crippen LogP contribution < -0.4 is 10.1 Å². The van der Waals surface area contributed by atoms with Gasteiger partial charge < -0.3 is 15.0 Å². The van der Waals surface area contributed by atoms with Crippen molar-refractivity contribution in [3.8, 4) is 5.75 Å². The minimum atomic E-state index is -0.0771. The quantitative estimate of drug-likeness (QED) is 0.777. The van der Waals surface area contributed by atoms with Gasteiger partial charge in [0.25, 0.3) is 5.91 Å². The summed E-state index contributed by atoms with van der Waals surface area (Å²) < 4.78 is 5.74. The molecule has 5 fully saturated rings. The van der Waals surface area contributed by atoms with Crippen molar-refractivity contribution in [2.24, 2.45) is 23.2 Å². The molecule has 31 heavy (non-hydrogen) atoms. The van der Waals surface area contributed by atoms with E-state index in [9.17, 15) is 9.59 Å². The van der Waals surface area contributed by atoms with Crippen LogP contribution in [0.4, 0.5) is 0 Å². The maximum atomic E-state index is 13.5. The molecule has 5 heteroatoms. The van der Waals surface area contributed by atoms with E-state index in [2.05, 4.69) is 10.2 Å². The molecule has 4 bridgehead atoms. The molecule has 1 aromatic rings. The SMILES string of the molecule is Cc1cccc(OCC(=O)NC2CCN(C(=O)C34CC5CC(CC(C5)C3)C4)CC2)c1C. The Morgan fingerprint density at radius 1 is 1.03 bits per heavy atom. The molecule has 0 spiro atoms. The van der Waals surface area contributed by atoms with Crippen LogP contribution in [0.3, 0.4) is 0 Å². The molecule has 0 atom stereocenters. The van der Waals surface area contributed by atoms with Crippen LogP contribution in [0.25, 0.3) is 0 Å². The van der Waals surface area contributed by atoms with Gasteiger partial charge in [-0.2, -0.15) is 0 Å². The fourth-order valence-electron chi connectivity index (χ4n) is 7.23. The molecule has 5 aliphatic rings. The van der Waals surface area contributed by atoms with Gasteiger partial charge in [0.05, 0.1) is 5.41 Å². The van der Waals surface area contributed by atoms with Crippen molar-refractivity contribution in [1.82, 2.24) is 10.2 Å². The number of rotatable bonds is 5. The number of likely N-dealkylation sites (tertiary alicyclic amines) is 1. The summed E-state index contributed by atoms with van der Waals surface area (Å²) in [6.45, 7) is 5.63. The summed E-state index contributed by atoms with van der Waals surface area (Å²) in [5, 5.41) is 3.12. The number of nitrogens with zero attached hydrogens (tertiary/aromatic N) is 1. The van der Waals surface area contributed by atoms with E-state index < -0.39 is 0 Å². The maximum Gasteiger partial charge on any atom is 0.258 e. The van der Waals surface area contributed by atoms with E-state index >= 15 is 0 Å². The summed E-state index contributed by atoms with van der Waals surface area (Å²) in [6, 6.07) is 6.03. The molecule has 2 amide bonds. The third-order valence-corrected chi connectivity index (χ3v) is 8.55. The van der Waals surface area contributed by atoms with E-state index in [1.165, 1.54) is 19.3 Å². The highest BCUT2D eigenvalue weighted by molar-refractivity contribution is 5.83. The zero-order valence-electron chi connectivity index (χ0n) is 19.0. The predicted octanol–water partition coefficient (Wildman–Crippen LogP) is 4.01. The zero-order valence-corrected chi connectivity index (χ0v) is 19.0. The lowest BCUT2D eigenvalue weighted by atomic mass is 9.49. The maximum absolute atomic E-state index is 13.5. The molecule has 6 rings (SSSR count). The topological polar surface area (TPSA) is 58.6 Å². The third kappa shape index (κ3) is 4.08. The van der Waals surface area contributed by atoms with Crippen molar-refractivity contribution < 1.29 is 14.3 Å². The molecule has 1 saturated heterocycles. The number of piperidine rings is 1. The Bertz CT molecular complexity index is 821. The summed E-state index contributed by atoms with van der Waals surface area (Å²) in [4.78, 5) is 28.0. The van der Waals surface area contributed by atoms with Crippen LogP contribution in [0, 0.1) is 37.0 Å². The van der Waals surface area contributed by atoms with Gasteiger partial charge in [-0.1, -0.05) is 12.1 Å². The normalized spacial score (nSPS) is 32.2. The molecule has 1 aromatic carbocycles. The predicted molar refractivity (Wildman–Crippen MR) is 120 cm³/mol. The van der Waals surface area contributed by atoms with Crippen LogP contribution >= 0.6 is 0 Å². The molecular weight excluding hydrogens is 388 g/mol. The highest BCUT2D eigenvalue weighted by Crippen LogP contribution is 2.60. The smallest absolute Gasteiger partial charge is 0.258 e. The number of carbonyl (C=O) groups is 2. The van der Waals surface area contributed by atoms with E-state index in [0.29, 0.717) is 5.91 Å². The second kappa shape index (κ2) is 8.14. The van der Waals surface area contributed by atoms with Gasteiger partial charge in [0.1, 0.15) is 5.75 Å². The van der Waals surface area contributed by atoms with Crippen LogP contribution in [0.2, 0.25) is 0 Å². The van der Waals surface area contributed by atoms with E-state index in [-0.39, 0.29) is 24.0 Å². The first kappa shape index (κ1) is 20.8. The lowest BCUT2D eigenvalue weighted by Crippen LogP contribution is -2.57. The lowest BCUT2D eigenvalue weighted by Gasteiger charge is -2.57. The molecule has 5 nitrogen and oxygen atoms in total. The first-order valence-electron chi connectivity index (χ1n) is 12.2. The molecular formula is C26H36N2O3. The Labute approximate surface area is 185 Å². The number of ether oxygens (including phenoxy) is 1. The summed E-state index contributed by atoms with van der Waals surface area (Å²) >= 11 is 0. The molecule has 1 N–H and O–H groups in total. The molecule has 0 aromatic heterocycles. The van der Waals surface area contributed by atoms with Crippen LogP contribution in [0.1, 0.15) is 62.5 Å². The van der Waals surface area contributed by atoms with Crippen molar-refractivity contribution in [3.63, 3.8) is 0 Å². The largest absolute Gasteiger partial charge is 0.483 e. The second-order valence-electron chi connectivity index (χ2n) is 10.8. The van der Waals surface area contributed by atoms with Gasteiger partial charge in [-0.3, -0.25) is 9.59 Å². The van der Waals surface area contributed by atoms with Gasteiger partial charge in [-0.05, 0) is 100 Å². The standard InChI is InChI=1S/C26H36N2O3/c1-17-4-3-5-23(18(17)2)31-16-24(29)27-22-6-8-28(9-7-22)25(30)26-13-19-10-20(14-26)12-21(11-19)15-26/h3-5,19-22H,6-16H2,1-2H3,(H,27,29). The molecule has 4 saturated carbocycles. The van der Waals surface area contributed by atoms with Crippen LogP contribution in [-0.4, -0.2) is 42.5 Å². The number of aryl methyl sites for hydroxylation is 1. The molecule has 0 radical (unpaired) electrons. The highest BCUT2D eigenvalue weighted by atomic mass is 16.5. The van der Waals surface area contributed by atoms with Gasteiger partial charge in [-0.25, -0.2) is 0 Å². The van der Waals surface area contributed by atoms with Crippen molar-refractivity contribution in [3.05, 3.63) is 29.3 Å².